The van der Waals surface area contributed by atoms with Crippen molar-refractivity contribution in [2.75, 3.05) is 11.4 Å². The number of para-hydroxylation sites is 1. The molecule has 1 amide bonds. The minimum Gasteiger partial charge on any atom is -0.322 e. The van der Waals surface area contributed by atoms with E-state index in [-0.39, 0.29) is 25.0 Å². The first-order valence-electron chi connectivity index (χ1n) is 12.7. The molecule has 4 aromatic rings. The first-order chi connectivity index (χ1) is 17.6. The van der Waals surface area contributed by atoms with E-state index in [4.69, 9.17) is 0 Å². The highest BCUT2D eigenvalue weighted by atomic mass is 16.2. The molecule has 2 aromatic heterocycles. The van der Waals surface area contributed by atoms with Crippen LogP contribution in [0, 0.1) is 0 Å². The lowest BCUT2D eigenvalue weighted by Gasteiger charge is -2.29. The van der Waals surface area contributed by atoms with Crippen LogP contribution in [-0.2, 0) is 24.3 Å². The number of nitrogens with zero attached hydrogens (tertiary/aromatic N) is 5. The van der Waals surface area contributed by atoms with E-state index in [0.717, 1.165) is 59.9 Å². The quantitative estimate of drug-likeness (QED) is 0.435. The van der Waals surface area contributed by atoms with Crippen LogP contribution >= 0.6 is 0 Å². The van der Waals surface area contributed by atoms with Gasteiger partial charge in [-0.05, 0) is 42.9 Å². The summed E-state index contributed by atoms with van der Waals surface area (Å²) in [7, 11) is 0. The van der Waals surface area contributed by atoms with Gasteiger partial charge in [-0.3, -0.25) is 14.2 Å². The minimum absolute atomic E-state index is 0.184. The fourth-order valence-electron chi connectivity index (χ4n) is 5.73. The van der Waals surface area contributed by atoms with Crippen molar-refractivity contribution in [3.8, 4) is 0 Å². The maximum Gasteiger partial charge on any atom is 0.333 e. The summed E-state index contributed by atoms with van der Waals surface area (Å²) in [6.45, 7) is 0.552. The zero-order valence-electron chi connectivity index (χ0n) is 20.2. The van der Waals surface area contributed by atoms with Crippen molar-refractivity contribution in [2.24, 2.45) is 0 Å². The van der Waals surface area contributed by atoms with Gasteiger partial charge in [0.25, 0.3) is 5.56 Å². The molecule has 8 nitrogen and oxygen atoms in total. The summed E-state index contributed by atoms with van der Waals surface area (Å²) in [4.78, 5) is 47.2. The highest BCUT2D eigenvalue weighted by Crippen LogP contribution is 2.31. The number of aryl methyl sites for hydroxylation is 1. The van der Waals surface area contributed by atoms with Gasteiger partial charge >= 0.3 is 5.69 Å². The molecule has 3 heterocycles. The molecule has 0 spiro atoms. The molecule has 0 bridgehead atoms. The number of imidazole rings is 1. The van der Waals surface area contributed by atoms with Crippen LogP contribution in [0.15, 0.2) is 70.5 Å². The predicted molar refractivity (Wildman–Crippen MR) is 138 cm³/mol. The maximum atomic E-state index is 13.8. The number of carbonyl (C=O) groups excluding carboxylic acids is 1. The van der Waals surface area contributed by atoms with Gasteiger partial charge in [0.05, 0.1) is 12.9 Å². The predicted octanol–water partition coefficient (Wildman–Crippen LogP) is 3.50. The minimum atomic E-state index is -0.508. The van der Waals surface area contributed by atoms with E-state index in [2.05, 4.69) is 4.98 Å². The van der Waals surface area contributed by atoms with Crippen LogP contribution in [0.2, 0.25) is 0 Å². The molecular formula is C28H29N5O3. The SMILES string of the molecule is O=C(Cn1c(=O)c2c(ncn2C2CCCC2)n(Cc2ccccc2)c1=O)N1CCCc2ccccc21. The molecule has 0 N–H and O–H groups in total. The van der Waals surface area contributed by atoms with E-state index in [9.17, 15) is 14.4 Å². The van der Waals surface area contributed by atoms with Crippen LogP contribution in [0.1, 0.15) is 49.3 Å². The third-order valence-corrected chi connectivity index (χ3v) is 7.55. The Balaban J connectivity index is 1.47. The fourth-order valence-corrected chi connectivity index (χ4v) is 5.73. The molecule has 0 unspecified atom stereocenters. The Bertz CT molecular complexity index is 1540. The number of hydrogen-bond acceptors (Lipinski definition) is 4. The fraction of sp³-hybridized carbons (Fsp3) is 0.357. The van der Waals surface area contributed by atoms with E-state index < -0.39 is 11.2 Å². The molecule has 8 heteroatoms. The third-order valence-electron chi connectivity index (χ3n) is 7.55. The van der Waals surface area contributed by atoms with Gasteiger partial charge in [-0.25, -0.2) is 14.3 Å². The molecule has 1 saturated carbocycles. The summed E-state index contributed by atoms with van der Waals surface area (Å²) in [6.07, 6.45) is 7.62. The van der Waals surface area contributed by atoms with Crippen molar-refractivity contribution >= 4 is 22.8 Å². The topological polar surface area (TPSA) is 82.1 Å². The monoisotopic (exact) mass is 483 g/mol. The van der Waals surface area contributed by atoms with Gasteiger partial charge in [0.2, 0.25) is 5.91 Å². The standard InChI is InChI=1S/C28H29N5O3/c34-24(30-16-8-12-21-11-4-7-15-23(21)30)18-32-27(35)25-26(29-19-33(25)22-13-5-6-14-22)31(28(32)36)17-20-9-2-1-3-10-20/h1-4,7,9-11,15,19,22H,5-6,8,12-14,16-18H2. The molecule has 184 valence electrons. The van der Waals surface area contributed by atoms with Gasteiger partial charge in [0.1, 0.15) is 6.54 Å². The van der Waals surface area contributed by atoms with Gasteiger partial charge in [0, 0.05) is 18.3 Å². The average Bonchev–Trinajstić information content (AvgIpc) is 3.59. The second kappa shape index (κ2) is 9.26. The van der Waals surface area contributed by atoms with Crippen molar-refractivity contribution in [3.63, 3.8) is 0 Å². The Labute approximate surface area is 208 Å². The Morgan fingerprint density at radius 3 is 2.47 bits per heavy atom. The van der Waals surface area contributed by atoms with Crippen LogP contribution in [0.4, 0.5) is 5.69 Å². The molecule has 1 aliphatic carbocycles. The summed E-state index contributed by atoms with van der Waals surface area (Å²) in [5.41, 5.74) is 2.74. The van der Waals surface area contributed by atoms with E-state index in [0.29, 0.717) is 17.7 Å². The van der Waals surface area contributed by atoms with Crippen LogP contribution in [0.5, 0.6) is 0 Å². The summed E-state index contributed by atoms with van der Waals surface area (Å²) in [5.74, 6) is -0.251. The van der Waals surface area contributed by atoms with E-state index >= 15 is 0 Å². The average molecular weight is 484 g/mol. The third kappa shape index (κ3) is 3.86. The first-order valence-corrected chi connectivity index (χ1v) is 12.7. The van der Waals surface area contributed by atoms with Crippen LogP contribution in [-0.4, -0.2) is 31.1 Å². The first kappa shape index (κ1) is 22.5. The van der Waals surface area contributed by atoms with Gasteiger partial charge in [-0.2, -0.15) is 0 Å². The van der Waals surface area contributed by atoms with Crippen molar-refractivity contribution in [1.29, 1.82) is 0 Å². The van der Waals surface area contributed by atoms with Crippen LogP contribution in [0.3, 0.4) is 0 Å². The maximum absolute atomic E-state index is 13.8. The number of aromatic nitrogens is 4. The van der Waals surface area contributed by atoms with Crippen molar-refractivity contribution in [1.82, 2.24) is 18.7 Å². The number of fused-ring (bicyclic) bond motifs is 2. The Morgan fingerprint density at radius 2 is 1.67 bits per heavy atom. The molecule has 6 rings (SSSR count). The van der Waals surface area contributed by atoms with Gasteiger partial charge in [0.15, 0.2) is 11.2 Å². The molecule has 1 aliphatic heterocycles. The zero-order chi connectivity index (χ0) is 24.6. The number of amides is 1. The highest BCUT2D eigenvalue weighted by Gasteiger charge is 2.27. The Hall–Kier alpha value is -3.94. The lowest BCUT2D eigenvalue weighted by molar-refractivity contribution is -0.119. The van der Waals surface area contributed by atoms with Gasteiger partial charge < -0.3 is 9.47 Å². The molecule has 2 aromatic carbocycles. The van der Waals surface area contributed by atoms with E-state index in [1.165, 1.54) is 4.57 Å². The second-order valence-electron chi connectivity index (χ2n) is 9.79. The van der Waals surface area contributed by atoms with Crippen LogP contribution < -0.4 is 16.1 Å². The Kier molecular flexibility index (Phi) is 5.79. The lowest BCUT2D eigenvalue weighted by atomic mass is 10.0. The summed E-state index contributed by atoms with van der Waals surface area (Å²) < 4.78 is 4.58. The van der Waals surface area contributed by atoms with Gasteiger partial charge in [-0.1, -0.05) is 61.4 Å². The van der Waals surface area contributed by atoms with Crippen molar-refractivity contribution in [2.45, 2.75) is 57.7 Å². The number of benzene rings is 2. The second-order valence-corrected chi connectivity index (χ2v) is 9.79. The zero-order valence-corrected chi connectivity index (χ0v) is 20.2. The lowest BCUT2D eigenvalue weighted by Crippen LogP contribution is -2.46. The number of rotatable bonds is 5. The Morgan fingerprint density at radius 1 is 0.917 bits per heavy atom. The molecule has 1 fully saturated rings. The summed E-state index contributed by atoms with van der Waals surface area (Å²) in [6, 6.07) is 17.7. The number of anilines is 1. The number of carbonyl (C=O) groups is 1. The van der Waals surface area contributed by atoms with E-state index in [1.54, 1.807) is 11.2 Å². The summed E-state index contributed by atoms with van der Waals surface area (Å²) >= 11 is 0. The summed E-state index contributed by atoms with van der Waals surface area (Å²) in [5, 5.41) is 0. The molecule has 0 atom stereocenters. The number of hydrogen-bond donors (Lipinski definition) is 0. The van der Waals surface area contributed by atoms with Crippen LogP contribution in [0.25, 0.3) is 11.2 Å². The largest absolute Gasteiger partial charge is 0.333 e. The molecule has 36 heavy (non-hydrogen) atoms. The smallest absolute Gasteiger partial charge is 0.322 e. The van der Waals surface area contributed by atoms with Crippen molar-refractivity contribution < 1.29 is 4.79 Å². The van der Waals surface area contributed by atoms with Crippen molar-refractivity contribution in [3.05, 3.63) is 92.9 Å². The molecule has 0 saturated heterocycles. The molecular weight excluding hydrogens is 454 g/mol. The normalized spacial score (nSPS) is 15.9. The molecule has 2 aliphatic rings. The molecule has 0 radical (unpaired) electrons. The highest BCUT2D eigenvalue weighted by molar-refractivity contribution is 5.94. The van der Waals surface area contributed by atoms with Gasteiger partial charge in [-0.15, -0.1) is 0 Å². The van der Waals surface area contributed by atoms with E-state index in [1.807, 2.05) is 59.2 Å².